The van der Waals surface area contributed by atoms with Crippen LogP contribution in [-0.4, -0.2) is 98.3 Å². The molecule has 330 valence electrons. The highest BCUT2D eigenvalue weighted by Gasteiger charge is 2.51. The molecule has 1 saturated carbocycles. The summed E-state index contributed by atoms with van der Waals surface area (Å²) in [6, 6.07) is 0. The van der Waals surface area contributed by atoms with Gasteiger partial charge in [-0.15, -0.1) is 0 Å². The Bertz CT molecular complexity index is 1040. The fourth-order valence-electron chi connectivity index (χ4n) is 6.75. The number of rotatable bonds is 36. The van der Waals surface area contributed by atoms with Crippen LogP contribution < -0.4 is 0 Å². The number of esters is 2. The molecular weight excluding hydrogens is 743 g/mol. The van der Waals surface area contributed by atoms with Crippen molar-refractivity contribution in [3.8, 4) is 0 Å². The molecule has 56 heavy (non-hydrogen) atoms. The fourth-order valence-corrected chi connectivity index (χ4v) is 7.73. The van der Waals surface area contributed by atoms with Crippen molar-refractivity contribution in [3.05, 3.63) is 12.2 Å². The van der Waals surface area contributed by atoms with E-state index in [1.165, 1.54) is 96.3 Å². The van der Waals surface area contributed by atoms with Crippen molar-refractivity contribution >= 4 is 19.8 Å². The van der Waals surface area contributed by atoms with Crippen molar-refractivity contribution < 1.29 is 63.1 Å². The first-order valence-electron chi connectivity index (χ1n) is 22.0. The molecule has 0 aliphatic heterocycles. The zero-order valence-corrected chi connectivity index (χ0v) is 35.6. The van der Waals surface area contributed by atoms with Gasteiger partial charge in [-0.1, -0.05) is 148 Å². The Balaban J connectivity index is 2.42. The van der Waals surface area contributed by atoms with Crippen molar-refractivity contribution in [2.24, 2.45) is 0 Å². The van der Waals surface area contributed by atoms with Gasteiger partial charge < -0.3 is 39.9 Å². The summed E-state index contributed by atoms with van der Waals surface area (Å²) in [6.07, 6.45) is 20.1. The fraction of sp³-hybridized carbons (Fsp3) is 0.905. The first-order valence-corrected chi connectivity index (χ1v) is 23.5. The van der Waals surface area contributed by atoms with Gasteiger partial charge in [-0.25, -0.2) is 4.57 Å². The number of hydrogen-bond acceptors (Lipinski definition) is 12. The molecule has 14 heteroatoms. The average molecular weight is 823 g/mol. The highest BCUT2D eigenvalue weighted by atomic mass is 31.2. The zero-order chi connectivity index (χ0) is 41.4. The van der Waals surface area contributed by atoms with Gasteiger partial charge in [-0.3, -0.25) is 18.6 Å². The summed E-state index contributed by atoms with van der Waals surface area (Å²) >= 11 is 0. The molecular formula is C42H79O13P. The van der Waals surface area contributed by atoms with E-state index < -0.39 is 75.7 Å². The number of carbonyl (C=O) groups excluding carboxylic acids is 2. The Morgan fingerprint density at radius 2 is 0.911 bits per heavy atom. The Morgan fingerprint density at radius 3 is 1.36 bits per heavy atom. The minimum atomic E-state index is -5.11. The number of carbonyl (C=O) groups is 2. The molecule has 0 aromatic heterocycles. The smallest absolute Gasteiger partial charge is 0.462 e. The van der Waals surface area contributed by atoms with E-state index in [1.54, 1.807) is 0 Å². The lowest BCUT2D eigenvalue weighted by atomic mass is 9.85. The van der Waals surface area contributed by atoms with Crippen molar-refractivity contribution in [3.63, 3.8) is 0 Å². The summed E-state index contributed by atoms with van der Waals surface area (Å²) in [5.74, 6) is -1.10. The van der Waals surface area contributed by atoms with Gasteiger partial charge in [0, 0.05) is 12.8 Å². The number of hydrogen-bond donors (Lipinski definition) is 6. The Labute approximate surface area is 337 Å². The van der Waals surface area contributed by atoms with E-state index in [0.717, 1.165) is 51.4 Å². The van der Waals surface area contributed by atoms with Crippen molar-refractivity contribution in [1.29, 1.82) is 0 Å². The quantitative estimate of drug-likeness (QED) is 0.0154. The number of phosphoric acid groups is 1. The van der Waals surface area contributed by atoms with Gasteiger partial charge >= 0.3 is 19.8 Å². The van der Waals surface area contributed by atoms with Crippen molar-refractivity contribution in [2.75, 3.05) is 13.2 Å². The lowest BCUT2D eigenvalue weighted by molar-refractivity contribution is -0.220. The topological polar surface area (TPSA) is 210 Å². The second kappa shape index (κ2) is 33.4. The molecule has 0 bridgehead atoms. The molecule has 6 atom stereocenters. The largest absolute Gasteiger partial charge is 0.472 e. The third kappa shape index (κ3) is 25.8. The van der Waals surface area contributed by atoms with Gasteiger partial charge in [0.2, 0.25) is 0 Å². The van der Waals surface area contributed by atoms with Crippen LogP contribution in [0.4, 0.5) is 0 Å². The number of aliphatic hydroxyl groups excluding tert-OH is 5. The summed E-state index contributed by atoms with van der Waals surface area (Å²) in [7, 11) is -5.11. The van der Waals surface area contributed by atoms with Gasteiger partial charge in [0.15, 0.2) is 6.10 Å². The minimum Gasteiger partial charge on any atom is -0.462 e. The number of aliphatic hydroxyl groups is 5. The number of phosphoric ester groups is 1. The lowest BCUT2D eigenvalue weighted by Crippen LogP contribution is -2.64. The molecule has 13 nitrogen and oxygen atoms in total. The van der Waals surface area contributed by atoms with E-state index in [4.69, 9.17) is 18.5 Å². The van der Waals surface area contributed by atoms with E-state index in [1.807, 2.05) is 0 Å². The summed E-state index contributed by atoms with van der Waals surface area (Å²) in [5.41, 5.74) is 0. The highest BCUT2D eigenvalue weighted by Crippen LogP contribution is 2.47. The standard InChI is InChI=1S/C42H79O13P/c1-3-5-7-9-11-13-14-15-16-17-18-19-20-21-22-23-25-27-29-31-36(44)54-34(32-52-35(43)30-28-26-24-12-10-8-6-4-2)33-53-56(50,51)55-42-40(48)38(46)37(45)39(47)41(42)49/h15-16,34,37-42,45-49H,3-14,17-33H2,1-2H3,(H,50,51)/b16-15-. The first kappa shape index (κ1) is 52.6. The Kier molecular flexibility index (Phi) is 31.4. The van der Waals surface area contributed by atoms with Crippen LogP contribution in [0.1, 0.15) is 187 Å². The number of allylic oxidation sites excluding steroid dienone is 2. The highest BCUT2D eigenvalue weighted by molar-refractivity contribution is 7.47. The molecule has 0 amide bonds. The predicted molar refractivity (Wildman–Crippen MR) is 217 cm³/mol. The van der Waals surface area contributed by atoms with Crippen LogP contribution in [-0.2, 0) is 32.7 Å². The molecule has 6 N–H and O–H groups in total. The van der Waals surface area contributed by atoms with Gasteiger partial charge in [0.05, 0.1) is 6.61 Å². The zero-order valence-electron chi connectivity index (χ0n) is 34.7. The molecule has 6 unspecified atom stereocenters. The summed E-state index contributed by atoms with van der Waals surface area (Å²) in [6.45, 7) is 3.25. The predicted octanol–water partition coefficient (Wildman–Crippen LogP) is 7.89. The maximum absolute atomic E-state index is 12.8. The third-order valence-corrected chi connectivity index (χ3v) is 11.3. The van der Waals surface area contributed by atoms with Crippen LogP contribution >= 0.6 is 7.82 Å². The normalized spacial score (nSPS) is 22.9. The molecule has 1 rings (SSSR count). The minimum absolute atomic E-state index is 0.0981. The van der Waals surface area contributed by atoms with Crippen LogP contribution in [0.5, 0.6) is 0 Å². The van der Waals surface area contributed by atoms with E-state index in [9.17, 15) is 44.6 Å². The van der Waals surface area contributed by atoms with Gasteiger partial charge in [-0.2, -0.15) is 0 Å². The molecule has 1 aliphatic carbocycles. The summed E-state index contributed by atoms with van der Waals surface area (Å²) < 4.78 is 33.4. The maximum atomic E-state index is 12.8. The summed E-state index contributed by atoms with van der Waals surface area (Å²) in [4.78, 5) is 35.5. The number of unbranched alkanes of at least 4 members (excludes halogenated alkanes) is 22. The molecule has 0 spiro atoms. The molecule has 0 aromatic carbocycles. The monoisotopic (exact) mass is 823 g/mol. The molecule has 1 fully saturated rings. The average Bonchev–Trinajstić information content (AvgIpc) is 3.18. The lowest BCUT2D eigenvalue weighted by Gasteiger charge is -2.41. The maximum Gasteiger partial charge on any atom is 0.472 e. The third-order valence-electron chi connectivity index (χ3n) is 10.4. The van der Waals surface area contributed by atoms with Crippen LogP contribution in [0, 0.1) is 0 Å². The van der Waals surface area contributed by atoms with Crippen LogP contribution in [0.15, 0.2) is 12.2 Å². The molecule has 0 saturated heterocycles. The van der Waals surface area contributed by atoms with E-state index in [0.29, 0.717) is 12.8 Å². The molecule has 0 heterocycles. The molecule has 0 aromatic rings. The Morgan fingerprint density at radius 1 is 0.536 bits per heavy atom. The van der Waals surface area contributed by atoms with Gasteiger partial charge in [0.25, 0.3) is 0 Å². The Hall–Kier alpha value is -1.41. The summed E-state index contributed by atoms with van der Waals surface area (Å²) in [5, 5.41) is 50.0. The first-order chi connectivity index (χ1) is 26.9. The van der Waals surface area contributed by atoms with Crippen molar-refractivity contribution in [1.82, 2.24) is 0 Å². The second-order valence-corrected chi connectivity index (χ2v) is 17.0. The van der Waals surface area contributed by atoms with Crippen LogP contribution in [0.2, 0.25) is 0 Å². The van der Waals surface area contributed by atoms with E-state index >= 15 is 0 Å². The second-order valence-electron chi connectivity index (χ2n) is 15.6. The van der Waals surface area contributed by atoms with E-state index in [2.05, 4.69) is 26.0 Å². The van der Waals surface area contributed by atoms with E-state index in [-0.39, 0.29) is 12.8 Å². The molecule has 0 radical (unpaired) electrons. The van der Waals surface area contributed by atoms with Crippen molar-refractivity contribution in [2.45, 2.75) is 230 Å². The van der Waals surface area contributed by atoms with Gasteiger partial charge in [-0.05, 0) is 38.5 Å². The van der Waals surface area contributed by atoms with Crippen LogP contribution in [0.25, 0.3) is 0 Å². The number of ether oxygens (including phenoxy) is 2. The van der Waals surface area contributed by atoms with Crippen LogP contribution in [0.3, 0.4) is 0 Å². The molecule has 1 aliphatic rings. The van der Waals surface area contributed by atoms with Gasteiger partial charge in [0.1, 0.15) is 43.2 Å². The SMILES string of the molecule is CCCCCCCC/C=C\CCCCCCCCCCCC(=O)OC(COC(=O)CCCCCCCCCC)COP(=O)(O)OC1C(O)C(O)C(O)C(O)C1O.